The number of rotatable bonds is 4. The van der Waals surface area contributed by atoms with Crippen LogP contribution in [0.2, 0.25) is 5.02 Å². The number of aromatic amines is 1. The van der Waals surface area contributed by atoms with Crippen molar-refractivity contribution in [3.8, 4) is 0 Å². The lowest BCUT2D eigenvalue weighted by molar-refractivity contribution is 0.598. The van der Waals surface area contributed by atoms with Crippen LogP contribution in [0.15, 0.2) is 40.6 Å². The van der Waals surface area contributed by atoms with Crippen LogP contribution in [0.3, 0.4) is 0 Å². The van der Waals surface area contributed by atoms with E-state index < -0.39 is 10.0 Å². The average Bonchev–Trinajstić information content (AvgIpc) is 2.82. The van der Waals surface area contributed by atoms with Crippen LogP contribution in [0, 0.1) is 0 Å². The number of imidazole rings is 1. The second kappa shape index (κ2) is 5.21. The van der Waals surface area contributed by atoms with Crippen LogP contribution in [0.4, 0.5) is 5.69 Å². The van der Waals surface area contributed by atoms with E-state index in [2.05, 4.69) is 14.7 Å². The van der Waals surface area contributed by atoms with E-state index in [1.165, 1.54) is 24.3 Å². The molecule has 0 radical (unpaired) electrons. The molecule has 1 aromatic carbocycles. The number of halogens is 1. The maximum atomic E-state index is 11.9. The summed E-state index contributed by atoms with van der Waals surface area (Å²) in [6, 6.07) is 4.99. The second-order valence-corrected chi connectivity index (χ2v) is 6.28. The molecule has 2 aromatic rings. The highest BCUT2D eigenvalue weighted by Gasteiger charge is 2.15. The van der Waals surface area contributed by atoms with Gasteiger partial charge in [0.1, 0.15) is 0 Å². The molecular weight excluding hydrogens is 294 g/mol. The van der Waals surface area contributed by atoms with Crippen molar-refractivity contribution in [3.05, 3.63) is 35.7 Å². The standard InChI is InChI=1S/C10H10ClN3O2S2/c1-17-9-3-2-7(4-8(9)11)14-18(15,16)10-5-12-6-13-10/h2-6,14H,1H3,(H,12,13). The highest BCUT2D eigenvalue weighted by Crippen LogP contribution is 2.28. The van der Waals surface area contributed by atoms with Crippen LogP contribution in [0.1, 0.15) is 0 Å². The molecular formula is C10H10ClN3O2S2. The minimum Gasteiger partial charge on any atom is -0.334 e. The van der Waals surface area contributed by atoms with Crippen molar-refractivity contribution in [2.45, 2.75) is 9.92 Å². The van der Waals surface area contributed by atoms with Crippen LogP contribution in [-0.2, 0) is 10.0 Å². The van der Waals surface area contributed by atoms with E-state index in [-0.39, 0.29) is 5.03 Å². The summed E-state index contributed by atoms with van der Waals surface area (Å²) in [5, 5.41) is 0.514. The summed E-state index contributed by atoms with van der Waals surface area (Å²) < 4.78 is 26.2. The lowest BCUT2D eigenvalue weighted by atomic mass is 10.3. The largest absolute Gasteiger partial charge is 0.334 e. The number of H-pyrrole nitrogens is 1. The average molecular weight is 304 g/mol. The quantitative estimate of drug-likeness (QED) is 0.851. The van der Waals surface area contributed by atoms with E-state index in [0.29, 0.717) is 10.7 Å². The fourth-order valence-electron chi connectivity index (χ4n) is 1.33. The molecule has 5 nitrogen and oxygen atoms in total. The maximum absolute atomic E-state index is 11.9. The SMILES string of the molecule is CSc1ccc(NS(=O)(=O)c2cnc[nH]2)cc1Cl. The van der Waals surface area contributed by atoms with Gasteiger partial charge in [-0.05, 0) is 24.5 Å². The summed E-state index contributed by atoms with van der Waals surface area (Å²) in [7, 11) is -3.64. The summed E-state index contributed by atoms with van der Waals surface area (Å²) in [4.78, 5) is 7.10. The molecule has 0 aliphatic rings. The highest BCUT2D eigenvalue weighted by molar-refractivity contribution is 7.98. The van der Waals surface area contributed by atoms with Gasteiger partial charge in [0.05, 0.1) is 23.2 Å². The first-order valence-corrected chi connectivity index (χ1v) is 7.96. The second-order valence-electron chi connectivity index (χ2n) is 3.37. The van der Waals surface area contributed by atoms with Gasteiger partial charge in [0, 0.05) is 4.90 Å². The third-order valence-electron chi connectivity index (χ3n) is 2.17. The molecule has 0 atom stereocenters. The van der Waals surface area contributed by atoms with Crippen LogP contribution in [-0.4, -0.2) is 24.6 Å². The molecule has 0 fully saturated rings. The highest BCUT2D eigenvalue weighted by atomic mass is 35.5. The van der Waals surface area contributed by atoms with Crippen molar-refractivity contribution < 1.29 is 8.42 Å². The normalized spacial score (nSPS) is 11.4. The lowest BCUT2D eigenvalue weighted by Gasteiger charge is -2.08. The number of sulfonamides is 1. The Hall–Kier alpha value is -1.18. The molecule has 0 bridgehead atoms. The van der Waals surface area contributed by atoms with E-state index in [4.69, 9.17) is 11.6 Å². The fraction of sp³-hybridized carbons (Fsp3) is 0.100. The van der Waals surface area contributed by atoms with Crippen molar-refractivity contribution in [3.63, 3.8) is 0 Å². The maximum Gasteiger partial charge on any atom is 0.278 e. The first kappa shape index (κ1) is 13.3. The molecule has 0 saturated heterocycles. The molecule has 0 unspecified atom stereocenters. The Labute approximate surface area is 114 Å². The van der Waals surface area contributed by atoms with E-state index >= 15 is 0 Å². The predicted octanol–water partition coefficient (Wildman–Crippen LogP) is 2.59. The Bertz CT molecular complexity index is 641. The minimum atomic E-state index is -3.64. The monoisotopic (exact) mass is 303 g/mol. The number of anilines is 1. The Morgan fingerprint density at radius 3 is 2.78 bits per heavy atom. The smallest absolute Gasteiger partial charge is 0.278 e. The molecule has 0 amide bonds. The number of aromatic nitrogens is 2. The number of nitrogens with zero attached hydrogens (tertiary/aromatic N) is 1. The summed E-state index contributed by atoms with van der Waals surface area (Å²) in [6.45, 7) is 0. The fourth-order valence-corrected chi connectivity index (χ4v) is 3.15. The molecule has 1 heterocycles. The number of thioether (sulfide) groups is 1. The number of hydrogen-bond acceptors (Lipinski definition) is 4. The number of nitrogens with one attached hydrogen (secondary N) is 2. The Kier molecular flexibility index (Phi) is 3.84. The van der Waals surface area contributed by atoms with Gasteiger partial charge < -0.3 is 4.98 Å². The van der Waals surface area contributed by atoms with Crippen LogP contribution in [0.25, 0.3) is 0 Å². The van der Waals surface area contributed by atoms with E-state index in [9.17, 15) is 8.42 Å². The van der Waals surface area contributed by atoms with Gasteiger partial charge in [-0.15, -0.1) is 11.8 Å². The molecule has 8 heteroatoms. The Balaban J connectivity index is 2.27. The molecule has 18 heavy (non-hydrogen) atoms. The predicted molar refractivity (Wildman–Crippen MR) is 72.6 cm³/mol. The van der Waals surface area contributed by atoms with Crippen molar-refractivity contribution in [1.82, 2.24) is 9.97 Å². The van der Waals surface area contributed by atoms with Crippen LogP contribution >= 0.6 is 23.4 Å². The van der Waals surface area contributed by atoms with Gasteiger partial charge in [0.25, 0.3) is 10.0 Å². The molecule has 0 aliphatic heterocycles. The van der Waals surface area contributed by atoms with Crippen molar-refractivity contribution >= 4 is 39.1 Å². The number of benzene rings is 1. The van der Waals surface area contributed by atoms with Crippen molar-refractivity contribution in [2.75, 3.05) is 11.0 Å². The molecule has 2 rings (SSSR count). The van der Waals surface area contributed by atoms with Gasteiger partial charge in [-0.25, -0.2) is 4.98 Å². The lowest BCUT2D eigenvalue weighted by Crippen LogP contribution is -2.13. The first-order chi connectivity index (χ1) is 8.53. The van der Waals surface area contributed by atoms with Crippen molar-refractivity contribution in [2.24, 2.45) is 0 Å². The minimum absolute atomic E-state index is 0.00701. The summed E-state index contributed by atoms with van der Waals surface area (Å²) in [5.74, 6) is 0. The Morgan fingerprint density at radius 2 is 2.22 bits per heavy atom. The van der Waals surface area contributed by atoms with E-state index in [1.54, 1.807) is 18.2 Å². The van der Waals surface area contributed by atoms with Crippen LogP contribution in [0.5, 0.6) is 0 Å². The molecule has 96 valence electrons. The van der Waals surface area contributed by atoms with E-state index in [1.807, 2.05) is 6.26 Å². The zero-order valence-electron chi connectivity index (χ0n) is 9.34. The van der Waals surface area contributed by atoms with Crippen LogP contribution < -0.4 is 4.72 Å². The van der Waals surface area contributed by atoms with Gasteiger partial charge in [-0.2, -0.15) is 8.42 Å². The third kappa shape index (κ3) is 2.80. The van der Waals surface area contributed by atoms with Gasteiger partial charge in [0.15, 0.2) is 5.03 Å². The summed E-state index contributed by atoms with van der Waals surface area (Å²) in [6.07, 6.45) is 4.44. The third-order valence-corrected chi connectivity index (χ3v) is 4.69. The molecule has 2 N–H and O–H groups in total. The molecule has 1 aromatic heterocycles. The van der Waals surface area contributed by atoms with Crippen molar-refractivity contribution in [1.29, 1.82) is 0 Å². The van der Waals surface area contributed by atoms with Gasteiger partial charge in [-0.1, -0.05) is 11.6 Å². The summed E-state index contributed by atoms with van der Waals surface area (Å²) >= 11 is 7.50. The summed E-state index contributed by atoms with van der Waals surface area (Å²) in [5.41, 5.74) is 0.410. The van der Waals surface area contributed by atoms with Gasteiger partial charge in [-0.3, -0.25) is 4.72 Å². The zero-order chi connectivity index (χ0) is 13.2. The zero-order valence-corrected chi connectivity index (χ0v) is 11.7. The topological polar surface area (TPSA) is 74.8 Å². The van der Waals surface area contributed by atoms with E-state index in [0.717, 1.165) is 4.90 Å². The Morgan fingerprint density at radius 1 is 1.44 bits per heavy atom. The number of hydrogen-bond donors (Lipinski definition) is 2. The van der Waals surface area contributed by atoms with Gasteiger partial charge in [0.2, 0.25) is 0 Å². The first-order valence-electron chi connectivity index (χ1n) is 4.87. The molecule has 0 aliphatic carbocycles. The van der Waals surface area contributed by atoms with Gasteiger partial charge >= 0.3 is 0 Å². The molecule has 0 spiro atoms. The molecule has 0 saturated carbocycles.